The van der Waals surface area contributed by atoms with Gasteiger partial charge in [0.05, 0.1) is 5.56 Å². The number of carboxylic acids is 1. The Balaban J connectivity index is 2.46. The fourth-order valence-corrected chi connectivity index (χ4v) is 1.70. The number of unbranched alkanes of at least 4 members (excludes halogenated alkanes) is 1. The Morgan fingerprint density at radius 3 is 2.85 bits per heavy atom. The van der Waals surface area contributed by atoms with E-state index >= 15 is 0 Å². The van der Waals surface area contributed by atoms with Crippen LogP contribution in [-0.4, -0.2) is 35.6 Å². The number of nitrogens with one attached hydrogen (secondary N) is 1. The predicted octanol–water partition coefficient (Wildman–Crippen LogP) is 2.49. The van der Waals surface area contributed by atoms with E-state index in [9.17, 15) is 9.59 Å². The van der Waals surface area contributed by atoms with Gasteiger partial charge in [0.15, 0.2) is 0 Å². The number of benzene rings is 1. The maximum Gasteiger partial charge on any atom is 0.335 e. The molecule has 0 saturated heterocycles. The third kappa shape index (κ3) is 5.14. The van der Waals surface area contributed by atoms with Crippen LogP contribution in [0.1, 0.15) is 28.8 Å². The van der Waals surface area contributed by atoms with E-state index in [1.807, 2.05) is 6.08 Å². The Hall–Kier alpha value is -2.30. The van der Waals surface area contributed by atoms with Gasteiger partial charge in [0.2, 0.25) is 0 Å². The molecule has 0 atom stereocenters. The number of nitrogens with zero attached hydrogens (tertiary/aromatic N) is 1. The molecule has 1 aromatic carbocycles. The summed E-state index contributed by atoms with van der Waals surface area (Å²) >= 11 is 0. The Morgan fingerprint density at radius 1 is 1.45 bits per heavy atom. The van der Waals surface area contributed by atoms with Gasteiger partial charge in [-0.3, -0.25) is 0 Å². The Morgan fingerprint density at radius 2 is 2.20 bits per heavy atom. The molecule has 20 heavy (non-hydrogen) atoms. The lowest BCUT2D eigenvalue weighted by Gasteiger charge is -2.17. The highest BCUT2D eigenvalue weighted by Crippen LogP contribution is 2.05. The minimum Gasteiger partial charge on any atom is -0.478 e. The molecule has 0 aliphatic carbocycles. The van der Waals surface area contributed by atoms with E-state index in [1.165, 1.54) is 6.07 Å². The van der Waals surface area contributed by atoms with E-state index in [4.69, 9.17) is 5.11 Å². The number of carboxylic acid groups (broad SMARTS) is 1. The zero-order chi connectivity index (χ0) is 15.0. The topological polar surface area (TPSA) is 69.6 Å². The van der Waals surface area contributed by atoms with Gasteiger partial charge in [-0.05, 0) is 30.5 Å². The van der Waals surface area contributed by atoms with E-state index in [1.54, 1.807) is 30.1 Å². The third-order valence-electron chi connectivity index (χ3n) is 2.87. The quantitative estimate of drug-likeness (QED) is 0.594. The minimum absolute atomic E-state index is 0.171. The van der Waals surface area contributed by atoms with E-state index in [-0.39, 0.29) is 11.6 Å². The standard InChI is InChI=1S/C15H20N2O3/c1-3-4-5-9-17(2)15(20)16-11-12-7-6-8-13(10-12)14(18)19/h3,6-8,10H,1,4-5,9,11H2,2H3,(H,16,20)(H,18,19). The Kier molecular flexibility index (Phi) is 6.29. The van der Waals surface area contributed by atoms with Gasteiger partial charge < -0.3 is 15.3 Å². The Bertz CT molecular complexity index is 486. The second-order valence-electron chi connectivity index (χ2n) is 4.52. The van der Waals surface area contributed by atoms with Crippen molar-refractivity contribution < 1.29 is 14.7 Å². The lowest BCUT2D eigenvalue weighted by atomic mass is 10.1. The molecule has 5 nitrogen and oxygen atoms in total. The van der Waals surface area contributed by atoms with Gasteiger partial charge in [0.25, 0.3) is 0 Å². The molecule has 0 spiro atoms. The molecular formula is C15H20N2O3. The van der Waals surface area contributed by atoms with Crippen LogP contribution in [-0.2, 0) is 6.54 Å². The molecule has 1 rings (SSSR count). The first kappa shape index (κ1) is 15.8. The largest absolute Gasteiger partial charge is 0.478 e. The number of hydrogen-bond donors (Lipinski definition) is 2. The van der Waals surface area contributed by atoms with Gasteiger partial charge in [-0.15, -0.1) is 6.58 Å². The summed E-state index contributed by atoms with van der Waals surface area (Å²) < 4.78 is 0. The molecule has 0 unspecified atom stereocenters. The molecule has 5 heteroatoms. The van der Waals surface area contributed by atoms with Gasteiger partial charge in [-0.2, -0.15) is 0 Å². The first-order valence-electron chi connectivity index (χ1n) is 6.46. The van der Waals surface area contributed by atoms with Gasteiger partial charge in [-0.25, -0.2) is 9.59 Å². The first-order valence-corrected chi connectivity index (χ1v) is 6.46. The predicted molar refractivity (Wildman–Crippen MR) is 77.7 cm³/mol. The van der Waals surface area contributed by atoms with Crippen molar-refractivity contribution in [3.05, 3.63) is 48.0 Å². The van der Waals surface area contributed by atoms with Crippen LogP contribution in [0.3, 0.4) is 0 Å². The van der Waals surface area contributed by atoms with Crippen LogP contribution < -0.4 is 5.32 Å². The SMILES string of the molecule is C=CCCCN(C)C(=O)NCc1cccc(C(=O)O)c1. The van der Waals surface area contributed by atoms with E-state index in [0.717, 1.165) is 18.4 Å². The number of allylic oxidation sites excluding steroid dienone is 1. The molecular weight excluding hydrogens is 256 g/mol. The van der Waals surface area contributed by atoms with Crippen molar-refractivity contribution in [2.45, 2.75) is 19.4 Å². The third-order valence-corrected chi connectivity index (χ3v) is 2.87. The zero-order valence-electron chi connectivity index (χ0n) is 11.6. The van der Waals surface area contributed by atoms with Crippen molar-refractivity contribution >= 4 is 12.0 Å². The molecule has 0 aliphatic heterocycles. The van der Waals surface area contributed by atoms with Gasteiger partial charge >= 0.3 is 12.0 Å². The molecule has 0 fully saturated rings. The molecule has 0 aliphatic rings. The summed E-state index contributed by atoms with van der Waals surface area (Å²) in [6.07, 6.45) is 3.57. The number of aromatic carboxylic acids is 1. The maximum atomic E-state index is 11.8. The van der Waals surface area contributed by atoms with Crippen LogP contribution in [0.2, 0.25) is 0 Å². The molecule has 0 aromatic heterocycles. The number of hydrogen-bond acceptors (Lipinski definition) is 2. The average molecular weight is 276 g/mol. The lowest BCUT2D eigenvalue weighted by Crippen LogP contribution is -2.37. The summed E-state index contributed by atoms with van der Waals surface area (Å²) in [6.45, 7) is 4.60. The molecule has 1 aromatic rings. The van der Waals surface area contributed by atoms with Crippen LogP contribution in [0.4, 0.5) is 4.79 Å². The summed E-state index contributed by atoms with van der Waals surface area (Å²) in [7, 11) is 1.73. The molecule has 0 bridgehead atoms. The smallest absolute Gasteiger partial charge is 0.335 e. The monoisotopic (exact) mass is 276 g/mol. The molecule has 0 saturated carbocycles. The summed E-state index contributed by atoms with van der Waals surface area (Å²) in [5, 5.41) is 11.7. The average Bonchev–Trinajstić information content (AvgIpc) is 2.45. The zero-order valence-corrected chi connectivity index (χ0v) is 11.6. The molecule has 108 valence electrons. The fourth-order valence-electron chi connectivity index (χ4n) is 1.70. The first-order chi connectivity index (χ1) is 9.54. The Labute approximate surface area is 118 Å². The van der Waals surface area contributed by atoms with Crippen molar-refractivity contribution in [1.29, 1.82) is 0 Å². The van der Waals surface area contributed by atoms with Crippen LogP contribution in [0.15, 0.2) is 36.9 Å². The van der Waals surface area contributed by atoms with Crippen molar-refractivity contribution in [3.63, 3.8) is 0 Å². The molecule has 2 N–H and O–H groups in total. The van der Waals surface area contributed by atoms with Crippen molar-refractivity contribution in [2.75, 3.05) is 13.6 Å². The van der Waals surface area contributed by atoms with E-state index in [2.05, 4.69) is 11.9 Å². The van der Waals surface area contributed by atoms with Crippen molar-refractivity contribution in [3.8, 4) is 0 Å². The van der Waals surface area contributed by atoms with E-state index < -0.39 is 5.97 Å². The van der Waals surface area contributed by atoms with Crippen LogP contribution in [0.25, 0.3) is 0 Å². The number of rotatable bonds is 7. The van der Waals surface area contributed by atoms with Gasteiger partial charge in [-0.1, -0.05) is 18.2 Å². The number of urea groups is 1. The van der Waals surface area contributed by atoms with Gasteiger partial charge in [0.1, 0.15) is 0 Å². The summed E-state index contributed by atoms with van der Waals surface area (Å²) in [6, 6.07) is 6.35. The van der Waals surface area contributed by atoms with E-state index in [0.29, 0.717) is 13.1 Å². The number of amides is 2. The highest BCUT2D eigenvalue weighted by molar-refractivity contribution is 5.87. The number of carbonyl (C=O) groups excluding carboxylic acids is 1. The maximum absolute atomic E-state index is 11.8. The van der Waals surface area contributed by atoms with Crippen LogP contribution >= 0.6 is 0 Å². The highest BCUT2D eigenvalue weighted by atomic mass is 16.4. The lowest BCUT2D eigenvalue weighted by molar-refractivity contribution is 0.0696. The van der Waals surface area contributed by atoms with Crippen LogP contribution in [0, 0.1) is 0 Å². The van der Waals surface area contributed by atoms with Crippen molar-refractivity contribution in [2.24, 2.45) is 0 Å². The molecule has 0 radical (unpaired) electrons. The second-order valence-corrected chi connectivity index (χ2v) is 4.52. The normalized spacial score (nSPS) is 9.85. The molecule has 0 heterocycles. The molecule has 2 amide bonds. The minimum atomic E-state index is -0.972. The fraction of sp³-hybridized carbons (Fsp3) is 0.333. The summed E-state index contributed by atoms with van der Waals surface area (Å²) in [5.41, 5.74) is 0.980. The summed E-state index contributed by atoms with van der Waals surface area (Å²) in [5.74, 6) is -0.972. The summed E-state index contributed by atoms with van der Waals surface area (Å²) in [4.78, 5) is 24.2. The number of carbonyl (C=O) groups is 2. The highest BCUT2D eigenvalue weighted by Gasteiger charge is 2.08. The second kappa shape index (κ2) is 7.99. The van der Waals surface area contributed by atoms with Crippen molar-refractivity contribution in [1.82, 2.24) is 10.2 Å². The van der Waals surface area contributed by atoms with Gasteiger partial charge in [0, 0.05) is 20.1 Å². The van der Waals surface area contributed by atoms with Crippen LogP contribution in [0.5, 0.6) is 0 Å².